The first-order chi connectivity index (χ1) is 8.72. The van der Waals surface area contributed by atoms with Crippen molar-refractivity contribution in [3.05, 3.63) is 0 Å². The molecule has 2 rings (SSSR count). The van der Waals surface area contributed by atoms with E-state index in [0.29, 0.717) is 0 Å². The fourth-order valence-corrected chi connectivity index (χ4v) is 5.69. The van der Waals surface area contributed by atoms with Gasteiger partial charge in [-0.2, -0.15) is 0 Å². The van der Waals surface area contributed by atoms with Crippen LogP contribution in [0.1, 0.15) is 57.8 Å². The molecule has 1 unspecified atom stereocenters. The molecule has 106 valence electrons. The molecule has 2 saturated carbocycles. The summed E-state index contributed by atoms with van der Waals surface area (Å²) in [5.74, 6) is 1.70. The van der Waals surface area contributed by atoms with Crippen LogP contribution in [0.2, 0.25) is 12.6 Å². The minimum absolute atomic E-state index is 0.834. The highest BCUT2D eigenvalue weighted by Crippen LogP contribution is 2.32. The number of hydrogen-bond acceptors (Lipinski definition) is 2. The summed E-state index contributed by atoms with van der Waals surface area (Å²) in [4.78, 5) is 0. The molecule has 18 heavy (non-hydrogen) atoms. The SMILES string of the molecule is CO[Si](C)(CC1CCCCCC1)OCC1CCC1. The van der Waals surface area contributed by atoms with E-state index in [1.807, 2.05) is 7.11 Å². The van der Waals surface area contributed by atoms with Crippen LogP contribution in [-0.4, -0.2) is 22.3 Å². The van der Waals surface area contributed by atoms with Crippen molar-refractivity contribution >= 4 is 8.56 Å². The Morgan fingerprint density at radius 1 is 0.889 bits per heavy atom. The largest absolute Gasteiger partial charge is 0.398 e. The van der Waals surface area contributed by atoms with E-state index in [1.54, 1.807) is 0 Å². The van der Waals surface area contributed by atoms with Crippen molar-refractivity contribution in [2.45, 2.75) is 70.4 Å². The fraction of sp³-hybridized carbons (Fsp3) is 1.00. The van der Waals surface area contributed by atoms with Gasteiger partial charge in [-0.1, -0.05) is 44.9 Å². The Labute approximate surface area is 114 Å². The number of rotatable bonds is 6. The van der Waals surface area contributed by atoms with Gasteiger partial charge in [0, 0.05) is 13.7 Å². The van der Waals surface area contributed by atoms with Crippen molar-refractivity contribution in [1.29, 1.82) is 0 Å². The van der Waals surface area contributed by atoms with E-state index in [-0.39, 0.29) is 0 Å². The molecule has 0 spiro atoms. The second kappa shape index (κ2) is 7.06. The lowest BCUT2D eigenvalue weighted by atomic mass is 9.86. The van der Waals surface area contributed by atoms with Crippen LogP contribution in [0.5, 0.6) is 0 Å². The zero-order chi connectivity index (χ0) is 12.8. The third-order valence-electron chi connectivity index (χ3n) is 4.92. The lowest BCUT2D eigenvalue weighted by molar-refractivity contribution is 0.129. The van der Waals surface area contributed by atoms with E-state index in [4.69, 9.17) is 8.85 Å². The van der Waals surface area contributed by atoms with E-state index in [2.05, 4.69) is 6.55 Å². The summed E-state index contributed by atoms with van der Waals surface area (Å²) in [6.45, 7) is 3.24. The lowest BCUT2D eigenvalue weighted by Gasteiger charge is -2.33. The summed E-state index contributed by atoms with van der Waals surface area (Å²) in [7, 11) is -0.0135. The second-order valence-electron chi connectivity index (χ2n) is 6.51. The summed E-state index contributed by atoms with van der Waals surface area (Å²) in [5, 5.41) is 0. The number of hydrogen-bond donors (Lipinski definition) is 0. The van der Waals surface area contributed by atoms with E-state index in [0.717, 1.165) is 18.4 Å². The van der Waals surface area contributed by atoms with Gasteiger partial charge in [-0.15, -0.1) is 0 Å². The highest BCUT2D eigenvalue weighted by molar-refractivity contribution is 6.66. The van der Waals surface area contributed by atoms with Gasteiger partial charge < -0.3 is 8.85 Å². The maximum absolute atomic E-state index is 6.24. The molecule has 0 heterocycles. The van der Waals surface area contributed by atoms with Crippen LogP contribution in [0.3, 0.4) is 0 Å². The second-order valence-corrected chi connectivity index (χ2v) is 9.88. The normalized spacial score (nSPS) is 26.3. The van der Waals surface area contributed by atoms with Crippen LogP contribution in [-0.2, 0) is 8.85 Å². The molecule has 0 aliphatic heterocycles. The predicted molar refractivity (Wildman–Crippen MR) is 77.9 cm³/mol. The van der Waals surface area contributed by atoms with Crippen molar-refractivity contribution < 1.29 is 8.85 Å². The first-order valence-corrected chi connectivity index (χ1v) is 10.4. The minimum Gasteiger partial charge on any atom is -0.398 e. The van der Waals surface area contributed by atoms with Crippen molar-refractivity contribution in [1.82, 2.24) is 0 Å². The van der Waals surface area contributed by atoms with Gasteiger partial charge in [-0.3, -0.25) is 0 Å². The Morgan fingerprint density at radius 2 is 1.50 bits per heavy atom. The summed E-state index contributed by atoms with van der Waals surface area (Å²) >= 11 is 0. The van der Waals surface area contributed by atoms with Gasteiger partial charge in [0.1, 0.15) is 0 Å². The average Bonchev–Trinajstić information content (AvgIpc) is 2.55. The Kier molecular flexibility index (Phi) is 5.71. The topological polar surface area (TPSA) is 18.5 Å². The van der Waals surface area contributed by atoms with E-state index in [1.165, 1.54) is 63.8 Å². The molecule has 2 fully saturated rings. The quantitative estimate of drug-likeness (QED) is 0.523. The molecule has 0 aromatic heterocycles. The highest BCUT2D eigenvalue weighted by Gasteiger charge is 2.35. The van der Waals surface area contributed by atoms with Crippen molar-refractivity contribution in [2.75, 3.05) is 13.7 Å². The Morgan fingerprint density at radius 3 is 2.00 bits per heavy atom. The van der Waals surface area contributed by atoms with Crippen molar-refractivity contribution in [2.24, 2.45) is 11.8 Å². The summed E-state index contributed by atoms with van der Waals surface area (Å²) in [5.41, 5.74) is 0. The Bertz CT molecular complexity index is 235. The van der Waals surface area contributed by atoms with Gasteiger partial charge in [0.05, 0.1) is 0 Å². The van der Waals surface area contributed by atoms with Crippen LogP contribution >= 0.6 is 0 Å². The zero-order valence-corrected chi connectivity index (χ0v) is 13.2. The van der Waals surface area contributed by atoms with E-state index >= 15 is 0 Å². The first-order valence-electron chi connectivity index (χ1n) is 7.91. The zero-order valence-electron chi connectivity index (χ0n) is 12.2. The van der Waals surface area contributed by atoms with Gasteiger partial charge in [-0.05, 0) is 37.3 Å². The molecular formula is C15H30O2Si. The molecule has 0 bridgehead atoms. The Balaban J connectivity index is 1.77. The van der Waals surface area contributed by atoms with Crippen LogP contribution in [0.15, 0.2) is 0 Å². The van der Waals surface area contributed by atoms with Gasteiger partial charge in [-0.25, -0.2) is 0 Å². The van der Waals surface area contributed by atoms with E-state index < -0.39 is 8.56 Å². The maximum atomic E-state index is 6.24. The van der Waals surface area contributed by atoms with Crippen molar-refractivity contribution in [3.63, 3.8) is 0 Å². The molecule has 3 heteroatoms. The van der Waals surface area contributed by atoms with Gasteiger partial charge in [0.25, 0.3) is 0 Å². The standard InChI is InChI=1S/C15H30O2Si/c1-16-18(2,17-12-14-10-7-11-14)13-15-8-5-3-4-6-9-15/h14-15H,3-13H2,1-2H3. The molecular weight excluding hydrogens is 240 g/mol. The molecule has 0 radical (unpaired) electrons. The molecule has 0 amide bonds. The lowest BCUT2D eigenvalue weighted by Crippen LogP contribution is -2.41. The molecule has 0 aromatic rings. The van der Waals surface area contributed by atoms with Gasteiger partial charge in [0.2, 0.25) is 0 Å². The molecule has 0 aromatic carbocycles. The summed E-state index contributed by atoms with van der Waals surface area (Å²) in [6.07, 6.45) is 12.7. The summed E-state index contributed by atoms with van der Waals surface area (Å²) < 4.78 is 12.1. The van der Waals surface area contributed by atoms with E-state index in [9.17, 15) is 0 Å². The molecule has 2 aliphatic rings. The fourth-order valence-electron chi connectivity index (χ4n) is 3.25. The molecule has 1 atom stereocenters. The maximum Gasteiger partial charge on any atom is 0.334 e. The third kappa shape index (κ3) is 4.36. The minimum atomic E-state index is -1.88. The third-order valence-corrected chi connectivity index (χ3v) is 7.87. The van der Waals surface area contributed by atoms with Gasteiger partial charge >= 0.3 is 8.56 Å². The highest BCUT2D eigenvalue weighted by atomic mass is 28.4. The van der Waals surface area contributed by atoms with Crippen LogP contribution in [0.25, 0.3) is 0 Å². The smallest absolute Gasteiger partial charge is 0.334 e. The summed E-state index contributed by atoms with van der Waals surface area (Å²) in [6, 6.07) is 1.22. The Hall–Kier alpha value is 0.137. The predicted octanol–water partition coefficient (Wildman–Crippen LogP) is 4.49. The van der Waals surface area contributed by atoms with Crippen LogP contribution in [0.4, 0.5) is 0 Å². The van der Waals surface area contributed by atoms with Gasteiger partial charge in [0.15, 0.2) is 0 Å². The van der Waals surface area contributed by atoms with Crippen LogP contribution < -0.4 is 0 Å². The molecule has 0 N–H and O–H groups in total. The van der Waals surface area contributed by atoms with Crippen molar-refractivity contribution in [3.8, 4) is 0 Å². The van der Waals surface area contributed by atoms with Crippen LogP contribution in [0, 0.1) is 11.8 Å². The molecule has 0 saturated heterocycles. The monoisotopic (exact) mass is 270 g/mol. The molecule has 2 aliphatic carbocycles. The average molecular weight is 270 g/mol. The first kappa shape index (κ1) is 14.5. The molecule has 2 nitrogen and oxygen atoms in total.